The van der Waals surface area contributed by atoms with E-state index < -0.39 is 0 Å². The van der Waals surface area contributed by atoms with E-state index in [1.807, 2.05) is 30.7 Å². The molecule has 6 nitrogen and oxygen atoms in total. The first-order valence-corrected chi connectivity index (χ1v) is 8.75. The predicted octanol–water partition coefficient (Wildman–Crippen LogP) is 2.82. The van der Waals surface area contributed by atoms with Crippen LogP contribution in [0.3, 0.4) is 0 Å². The third-order valence-corrected chi connectivity index (χ3v) is 4.32. The molecule has 0 aliphatic carbocycles. The number of aromatic amines is 1. The lowest BCUT2D eigenvalue weighted by Gasteiger charge is -2.05. The second kappa shape index (κ2) is 7.51. The van der Waals surface area contributed by atoms with Crippen LogP contribution in [0.5, 0.6) is 0 Å². The van der Waals surface area contributed by atoms with Gasteiger partial charge in [0.05, 0.1) is 16.7 Å². The van der Waals surface area contributed by atoms with E-state index in [2.05, 4.69) is 39.4 Å². The lowest BCUT2D eigenvalue weighted by Crippen LogP contribution is -2.26. The van der Waals surface area contributed by atoms with Gasteiger partial charge in [-0.2, -0.15) is 5.10 Å². The highest BCUT2D eigenvalue weighted by Crippen LogP contribution is 2.15. The molecular formula is C19H25N5O. The summed E-state index contributed by atoms with van der Waals surface area (Å²) in [6.07, 6.45) is 2.01. The first-order valence-electron chi connectivity index (χ1n) is 8.75. The molecule has 0 unspecified atom stereocenters. The number of carbonyl (C=O) groups is 1. The lowest BCUT2D eigenvalue weighted by molar-refractivity contribution is -0.121. The Balaban J connectivity index is 1.41. The average molecular weight is 339 g/mol. The van der Waals surface area contributed by atoms with Crippen molar-refractivity contribution in [1.82, 2.24) is 25.1 Å². The molecule has 0 bridgehead atoms. The van der Waals surface area contributed by atoms with Gasteiger partial charge in [-0.15, -0.1) is 0 Å². The highest BCUT2D eigenvalue weighted by Gasteiger charge is 2.07. The summed E-state index contributed by atoms with van der Waals surface area (Å²) in [5.41, 5.74) is 5.37. The Labute approximate surface area is 147 Å². The Morgan fingerprint density at radius 1 is 1.28 bits per heavy atom. The molecule has 0 fully saturated rings. The van der Waals surface area contributed by atoms with E-state index in [1.54, 1.807) is 0 Å². The molecule has 3 aromatic rings. The van der Waals surface area contributed by atoms with Crippen LogP contribution in [0.2, 0.25) is 0 Å². The number of nitrogens with one attached hydrogen (secondary N) is 2. The topological polar surface area (TPSA) is 75.6 Å². The number of hydrogen-bond donors (Lipinski definition) is 2. The minimum atomic E-state index is 0.0776. The van der Waals surface area contributed by atoms with E-state index >= 15 is 0 Å². The van der Waals surface area contributed by atoms with Crippen molar-refractivity contribution in [3.05, 3.63) is 47.0 Å². The van der Waals surface area contributed by atoms with Gasteiger partial charge in [-0.3, -0.25) is 9.48 Å². The number of imidazole rings is 1. The number of amides is 1. The third kappa shape index (κ3) is 4.26. The van der Waals surface area contributed by atoms with Gasteiger partial charge in [0.2, 0.25) is 5.91 Å². The number of benzene rings is 1. The van der Waals surface area contributed by atoms with Gasteiger partial charge >= 0.3 is 0 Å². The van der Waals surface area contributed by atoms with Crippen molar-refractivity contribution in [2.75, 3.05) is 6.54 Å². The Hall–Kier alpha value is -2.63. The number of fused-ring (bicyclic) bond motifs is 1. The monoisotopic (exact) mass is 339 g/mol. The van der Waals surface area contributed by atoms with Gasteiger partial charge in [-0.25, -0.2) is 4.98 Å². The van der Waals surface area contributed by atoms with E-state index in [4.69, 9.17) is 0 Å². The molecule has 6 heteroatoms. The SMILES string of the molecule is Cc1cc(C)n(CCCC(=O)NCCc2nc3c(C)cccc3[nH]2)n1. The van der Waals surface area contributed by atoms with Gasteiger partial charge in [0.15, 0.2) is 0 Å². The van der Waals surface area contributed by atoms with E-state index in [9.17, 15) is 4.79 Å². The fourth-order valence-electron chi connectivity index (χ4n) is 3.04. The zero-order chi connectivity index (χ0) is 17.8. The van der Waals surface area contributed by atoms with Crippen LogP contribution in [0.4, 0.5) is 0 Å². The summed E-state index contributed by atoms with van der Waals surface area (Å²) in [5, 5.41) is 7.38. The summed E-state index contributed by atoms with van der Waals surface area (Å²) < 4.78 is 1.96. The summed E-state index contributed by atoms with van der Waals surface area (Å²) in [6, 6.07) is 8.15. The number of aromatic nitrogens is 4. The number of carbonyl (C=O) groups excluding carboxylic acids is 1. The zero-order valence-electron chi connectivity index (χ0n) is 15.1. The number of H-pyrrole nitrogens is 1. The Kier molecular flexibility index (Phi) is 5.16. The molecule has 2 aromatic heterocycles. The van der Waals surface area contributed by atoms with Gasteiger partial charge in [0.1, 0.15) is 5.82 Å². The van der Waals surface area contributed by atoms with Gasteiger partial charge in [0, 0.05) is 31.6 Å². The van der Waals surface area contributed by atoms with Crippen LogP contribution in [0.1, 0.15) is 35.6 Å². The first-order chi connectivity index (χ1) is 12.0. The van der Waals surface area contributed by atoms with Crippen LogP contribution in [0.25, 0.3) is 11.0 Å². The van der Waals surface area contributed by atoms with Gasteiger partial charge in [-0.1, -0.05) is 12.1 Å². The number of para-hydroxylation sites is 1. The maximum atomic E-state index is 12.0. The number of nitrogens with zero attached hydrogens (tertiary/aromatic N) is 3. The zero-order valence-corrected chi connectivity index (χ0v) is 15.1. The third-order valence-electron chi connectivity index (χ3n) is 4.32. The van der Waals surface area contributed by atoms with Crippen molar-refractivity contribution >= 4 is 16.9 Å². The Morgan fingerprint density at radius 3 is 2.84 bits per heavy atom. The number of rotatable bonds is 7. The maximum absolute atomic E-state index is 12.0. The molecule has 2 N–H and O–H groups in total. The first kappa shape index (κ1) is 17.2. The molecule has 0 radical (unpaired) electrons. The largest absolute Gasteiger partial charge is 0.356 e. The fraction of sp³-hybridized carbons (Fsp3) is 0.421. The average Bonchev–Trinajstić information content (AvgIpc) is 3.11. The minimum absolute atomic E-state index is 0.0776. The lowest BCUT2D eigenvalue weighted by atomic mass is 10.2. The van der Waals surface area contributed by atoms with E-state index in [-0.39, 0.29) is 5.91 Å². The molecule has 25 heavy (non-hydrogen) atoms. The molecule has 0 aliphatic heterocycles. The number of hydrogen-bond acceptors (Lipinski definition) is 3. The smallest absolute Gasteiger partial charge is 0.220 e. The minimum Gasteiger partial charge on any atom is -0.356 e. The summed E-state index contributed by atoms with van der Waals surface area (Å²) in [5.74, 6) is 0.987. The van der Waals surface area contributed by atoms with Crippen LogP contribution >= 0.6 is 0 Å². The standard InChI is InChI=1S/C19H25N5O/c1-13-6-4-7-16-19(13)22-17(21-16)9-10-20-18(25)8-5-11-24-15(3)12-14(2)23-24/h4,6-7,12H,5,8-11H2,1-3H3,(H,20,25)(H,21,22). The highest BCUT2D eigenvalue weighted by molar-refractivity contribution is 5.78. The maximum Gasteiger partial charge on any atom is 0.220 e. The van der Waals surface area contributed by atoms with Crippen LogP contribution in [-0.4, -0.2) is 32.2 Å². The quantitative estimate of drug-likeness (QED) is 0.695. The van der Waals surface area contributed by atoms with Crippen molar-refractivity contribution in [3.63, 3.8) is 0 Å². The summed E-state index contributed by atoms with van der Waals surface area (Å²) in [4.78, 5) is 19.9. The van der Waals surface area contributed by atoms with Crippen LogP contribution in [-0.2, 0) is 17.8 Å². The van der Waals surface area contributed by atoms with E-state index in [0.29, 0.717) is 19.4 Å². The van der Waals surface area contributed by atoms with Crippen LogP contribution in [0.15, 0.2) is 24.3 Å². The Morgan fingerprint density at radius 2 is 2.12 bits per heavy atom. The summed E-state index contributed by atoms with van der Waals surface area (Å²) in [7, 11) is 0. The van der Waals surface area contributed by atoms with Crippen molar-refractivity contribution in [2.45, 2.75) is 46.6 Å². The second-order valence-electron chi connectivity index (χ2n) is 6.51. The molecule has 0 saturated heterocycles. The van der Waals surface area contributed by atoms with Gasteiger partial charge in [-0.05, 0) is 44.9 Å². The van der Waals surface area contributed by atoms with Crippen molar-refractivity contribution in [1.29, 1.82) is 0 Å². The molecule has 0 spiro atoms. The van der Waals surface area contributed by atoms with Crippen LogP contribution in [0, 0.1) is 20.8 Å². The summed E-state index contributed by atoms with van der Waals surface area (Å²) in [6.45, 7) is 7.44. The molecule has 132 valence electrons. The van der Waals surface area contributed by atoms with Crippen molar-refractivity contribution in [3.8, 4) is 0 Å². The van der Waals surface area contributed by atoms with Gasteiger partial charge < -0.3 is 10.3 Å². The Bertz CT molecular complexity index is 877. The molecule has 1 amide bonds. The fourth-order valence-corrected chi connectivity index (χ4v) is 3.04. The molecule has 0 atom stereocenters. The molecule has 1 aromatic carbocycles. The molecular weight excluding hydrogens is 314 g/mol. The normalized spacial score (nSPS) is 11.2. The van der Waals surface area contributed by atoms with Crippen molar-refractivity contribution in [2.24, 2.45) is 0 Å². The predicted molar refractivity (Wildman–Crippen MR) is 98.5 cm³/mol. The molecule has 3 rings (SSSR count). The van der Waals surface area contributed by atoms with Crippen LogP contribution < -0.4 is 5.32 Å². The summed E-state index contributed by atoms with van der Waals surface area (Å²) >= 11 is 0. The number of aryl methyl sites for hydroxylation is 4. The van der Waals surface area contributed by atoms with E-state index in [0.717, 1.165) is 46.8 Å². The highest BCUT2D eigenvalue weighted by atomic mass is 16.1. The van der Waals surface area contributed by atoms with Crippen molar-refractivity contribution < 1.29 is 4.79 Å². The molecule has 0 aliphatic rings. The van der Waals surface area contributed by atoms with E-state index in [1.165, 1.54) is 0 Å². The molecule has 0 saturated carbocycles. The van der Waals surface area contributed by atoms with Gasteiger partial charge in [0.25, 0.3) is 0 Å². The molecule has 2 heterocycles. The second-order valence-corrected chi connectivity index (χ2v) is 6.51.